The van der Waals surface area contributed by atoms with Crippen molar-refractivity contribution in [1.29, 1.82) is 0 Å². The second-order valence-electron chi connectivity index (χ2n) is 5.22. The van der Waals surface area contributed by atoms with Gasteiger partial charge in [-0.05, 0) is 45.0 Å². The number of hydrogen-bond acceptors (Lipinski definition) is 4. The van der Waals surface area contributed by atoms with E-state index in [9.17, 15) is 14.9 Å². The first-order chi connectivity index (χ1) is 10.4. The van der Waals surface area contributed by atoms with Crippen LogP contribution in [0.15, 0.2) is 47.6 Å². The zero-order chi connectivity index (χ0) is 16.3. The van der Waals surface area contributed by atoms with Crippen molar-refractivity contribution in [2.45, 2.75) is 26.8 Å². The molecule has 114 valence electrons. The maximum atomic E-state index is 12.6. The summed E-state index contributed by atoms with van der Waals surface area (Å²) in [4.78, 5) is 27.4. The fraction of sp³-hybridized carbons (Fsp3) is 0.250. The molecule has 1 aromatic heterocycles. The van der Waals surface area contributed by atoms with Crippen LogP contribution < -0.4 is 5.49 Å². The molecule has 0 atom stereocenters. The highest BCUT2D eigenvalue weighted by Gasteiger charge is 2.15. The van der Waals surface area contributed by atoms with Crippen LogP contribution in [0.3, 0.4) is 0 Å². The van der Waals surface area contributed by atoms with Crippen molar-refractivity contribution >= 4 is 11.6 Å². The van der Waals surface area contributed by atoms with Gasteiger partial charge in [-0.2, -0.15) is 0 Å². The molecule has 0 fully saturated rings. The van der Waals surface area contributed by atoms with Crippen LogP contribution in [-0.4, -0.2) is 21.4 Å². The van der Waals surface area contributed by atoms with Gasteiger partial charge in [0, 0.05) is 29.4 Å². The fourth-order valence-electron chi connectivity index (χ4n) is 2.11. The molecule has 2 rings (SSSR count). The number of nitro benzene ring substituents is 1. The number of benzene rings is 1. The van der Waals surface area contributed by atoms with Crippen molar-refractivity contribution in [3.63, 3.8) is 0 Å². The van der Waals surface area contributed by atoms with Gasteiger partial charge < -0.3 is 0 Å². The van der Waals surface area contributed by atoms with Gasteiger partial charge in [-0.25, -0.2) is 0 Å². The normalized spacial score (nSPS) is 11.7. The van der Waals surface area contributed by atoms with Crippen LogP contribution in [0.4, 0.5) is 5.69 Å². The smallest absolute Gasteiger partial charge is 0.268 e. The molecule has 0 bridgehead atoms. The lowest BCUT2D eigenvalue weighted by Gasteiger charge is -2.08. The molecule has 0 saturated carbocycles. The van der Waals surface area contributed by atoms with Gasteiger partial charge in [-0.15, -0.1) is 0 Å². The maximum Gasteiger partial charge on any atom is 0.272 e. The van der Waals surface area contributed by atoms with Crippen molar-refractivity contribution in [3.8, 4) is 0 Å². The molecule has 1 heterocycles. The SMILES string of the molecule is Cc1cc(C(=O)n2ccccc2=NC(C)C)ccc1[N+](=O)[O-]. The van der Waals surface area contributed by atoms with Gasteiger partial charge in [-0.3, -0.25) is 24.5 Å². The Balaban J connectivity index is 2.50. The van der Waals surface area contributed by atoms with E-state index in [1.807, 2.05) is 19.9 Å². The Hall–Kier alpha value is -2.76. The predicted octanol–water partition coefficient (Wildman–Crippen LogP) is 2.70. The van der Waals surface area contributed by atoms with E-state index in [0.29, 0.717) is 16.6 Å². The number of nitro groups is 1. The number of carbonyl (C=O) groups excluding carboxylic acids is 1. The van der Waals surface area contributed by atoms with E-state index in [1.54, 1.807) is 25.3 Å². The average Bonchev–Trinajstić information content (AvgIpc) is 2.46. The molecule has 0 aliphatic carbocycles. The summed E-state index contributed by atoms with van der Waals surface area (Å²) in [6, 6.07) is 9.72. The third-order valence-electron chi connectivity index (χ3n) is 3.09. The minimum Gasteiger partial charge on any atom is -0.268 e. The fourth-order valence-corrected chi connectivity index (χ4v) is 2.11. The van der Waals surface area contributed by atoms with Gasteiger partial charge in [-0.1, -0.05) is 6.07 Å². The van der Waals surface area contributed by atoms with E-state index in [1.165, 1.54) is 22.8 Å². The maximum absolute atomic E-state index is 12.6. The standard InChI is InChI=1S/C16H17N3O3/c1-11(2)17-15-6-4-5-9-18(15)16(20)13-7-8-14(19(21)22)12(3)10-13/h4-11H,1-3H3. The first kappa shape index (κ1) is 15.6. The molecule has 0 N–H and O–H groups in total. The molecular weight excluding hydrogens is 282 g/mol. The zero-order valence-electron chi connectivity index (χ0n) is 12.7. The van der Waals surface area contributed by atoms with Gasteiger partial charge in [0.15, 0.2) is 0 Å². The third kappa shape index (κ3) is 3.28. The van der Waals surface area contributed by atoms with Crippen molar-refractivity contribution < 1.29 is 9.72 Å². The Labute approximate surface area is 127 Å². The number of aryl methyl sites for hydroxylation is 1. The molecule has 0 radical (unpaired) electrons. The second kappa shape index (κ2) is 6.34. The lowest BCUT2D eigenvalue weighted by atomic mass is 10.1. The number of carbonyl (C=O) groups is 1. The van der Waals surface area contributed by atoms with E-state index >= 15 is 0 Å². The summed E-state index contributed by atoms with van der Waals surface area (Å²) in [5.41, 5.74) is 1.40. The van der Waals surface area contributed by atoms with Gasteiger partial charge in [0.25, 0.3) is 11.6 Å². The predicted molar refractivity (Wildman–Crippen MR) is 82.7 cm³/mol. The number of hydrogen-bond donors (Lipinski definition) is 0. The van der Waals surface area contributed by atoms with E-state index in [2.05, 4.69) is 4.99 Å². The summed E-state index contributed by atoms with van der Waals surface area (Å²) in [5.74, 6) is -0.266. The lowest BCUT2D eigenvalue weighted by molar-refractivity contribution is -0.385. The van der Waals surface area contributed by atoms with Gasteiger partial charge in [0.2, 0.25) is 0 Å². The number of rotatable bonds is 3. The molecule has 0 spiro atoms. The van der Waals surface area contributed by atoms with Crippen molar-refractivity contribution in [2.75, 3.05) is 0 Å². The average molecular weight is 299 g/mol. The Morgan fingerprint density at radius 2 is 2.00 bits per heavy atom. The van der Waals surface area contributed by atoms with Crippen LogP contribution in [0.2, 0.25) is 0 Å². The van der Waals surface area contributed by atoms with Crippen molar-refractivity contribution in [1.82, 2.24) is 4.57 Å². The first-order valence-electron chi connectivity index (χ1n) is 6.91. The van der Waals surface area contributed by atoms with Gasteiger partial charge in [0.05, 0.1) is 4.92 Å². The van der Waals surface area contributed by atoms with Crippen LogP contribution in [0, 0.1) is 17.0 Å². The van der Waals surface area contributed by atoms with E-state index < -0.39 is 4.92 Å². The highest BCUT2D eigenvalue weighted by molar-refractivity contribution is 5.96. The highest BCUT2D eigenvalue weighted by atomic mass is 16.6. The van der Waals surface area contributed by atoms with Crippen LogP contribution in [0.25, 0.3) is 0 Å². The molecule has 0 unspecified atom stereocenters. The molecule has 6 heteroatoms. The van der Waals surface area contributed by atoms with Crippen molar-refractivity contribution in [3.05, 3.63) is 69.3 Å². The second-order valence-corrected chi connectivity index (χ2v) is 5.22. The number of nitrogens with zero attached hydrogens (tertiary/aromatic N) is 3. The summed E-state index contributed by atoms with van der Waals surface area (Å²) in [5, 5.41) is 10.8. The lowest BCUT2D eigenvalue weighted by Crippen LogP contribution is -2.28. The van der Waals surface area contributed by atoms with E-state index in [4.69, 9.17) is 0 Å². The van der Waals surface area contributed by atoms with E-state index in [0.717, 1.165) is 0 Å². The Morgan fingerprint density at radius 1 is 1.27 bits per heavy atom. The molecule has 0 saturated heterocycles. The summed E-state index contributed by atoms with van der Waals surface area (Å²) in [7, 11) is 0. The quantitative estimate of drug-likeness (QED) is 0.645. The monoisotopic (exact) mass is 299 g/mol. The van der Waals surface area contributed by atoms with Gasteiger partial charge in [0.1, 0.15) is 5.49 Å². The molecule has 22 heavy (non-hydrogen) atoms. The third-order valence-corrected chi connectivity index (χ3v) is 3.09. The van der Waals surface area contributed by atoms with Crippen LogP contribution >= 0.6 is 0 Å². The number of aromatic nitrogens is 1. The minimum atomic E-state index is -0.460. The summed E-state index contributed by atoms with van der Waals surface area (Å²) in [6.45, 7) is 5.47. The summed E-state index contributed by atoms with van der Waals surface area (Å²) < 4.78 is 1.45. The molecule has 1 aromatic carbocycles. The van der Waals surface area contributed by atoms with Crippen LogP contribution in [0.1, 0.15) is 29.8 Å². The molecule has 0 amide bonds. The van der Waals surface area contributed by atoms with Gasteiger partial charge >= 0.3 is 0 Å². The molecular formula is C16H17N3O3. The number of pyridine rings is 1. The van der Waals surface area contributed by atoms with Crippen LogP contribution in [0.5, 0.6) is 0 Å². The Bertz CT molecular complexity index is 791. The summed E-state index contributed by atoms with van der Waals surface area (Å²) >= 11 is 0. The zero-order valence-corrected chi connectivity index (χ0v) is 12.7. The summed E-state index contributed by atoms with van der Waals surface area (Å²) in [6.07, 6.45) is 1.64. The largest absolute Gasteiger partial charge is 0.272 e. The van der Waals surface area contributed by atoms with E-state index in [-0.39, 0.29) is 17.6 Å². The highest BCUT2D eigenvalue weighted by Crippen LogP contribution is 2.19. The minimum absolute atomic E-state index is 0.00158. The molecule has 6 nitrogen and oxygen atoms in total. The first-order valence-corrected chi connectivity index (χ1v) is 6.91. The molecule has 0 aliphatic rings. The Morgan fingerprint density at radius 3 is 2.59 bits per heavy atom. The topological polar surface area (TPSA) is 77.5 Å². The molecule has 0 aliphatic heterocycles. The Kier molecular flexibility index (Phi) is 4.50. The molecule has 2 aromatic rings. The van der Waals surface area contributed by atoms with Crippen molar-refractivity contribution in [2.24, 2.45) is 4.99 Å². The van der Waals surface area contributed by atoms with Crippen LogP contribution in [-0.2, 0) is 0 Å².